The lowest BCUT2D eigenvalue weighted by Gasteiger charge is -2.49. The summed E-state index contributed by atoms with van der Waals surface area (Å²) in [7, 11) is 0. The predicted molar refractivity (Wildman–Crippen MR) is 80.2 cm³/mol. The molecule has 0 aliphatic carbocycles. The second-order valence-corrected chi connectivity index (χ2v) is 6.30. The van der Waals surface area contributed by atoms with E-state index in [1.54, 1.807) is 0 Å². The summed E-state index contributed by atoms with van der Waals surface area (Å²) >= 11 is 0. The van der Waals surface area contributed by atoms with Crippen molar-refractivity contribution in [3.05, 3.63) is 0 Å². The molecule has 3 heteroatoms. The van der Waals surface area contributed by atoms with E-state index in [-0.39, 0.29) is 5.66 Å². The Labute approximate surface area is 119 Å². The molecule has 2 aliphatic heterocycles. The lowest BCUT2D eigenvalue weighted by molar-refractivity contribution is -0.0941. The Morgan fingerprint density at radius 1 is 0.737 bits per heavy atom. The average Bonchev–Trinajstić information content (AvgIpc) is 2.86. The molecule has 2 aliphatic rings. The van der Waals surface area contributed by atoms with Crippen molar-refractivity contribution in [3.63, 3.8) is 0 Å². The molecule has 0 saturated carbocycles. The summed E-state index contributed by atoms with van der Waals surface area (Å²) in [6.45, 7) is 7.24. The highest BCUT2D eigenvalue weighted by Crippen LogP contribution is 2.29. The van der Waals surface area contributed by atoms with Crippen molar-refractivity contribution in [2.45, 2.75) is 70.4 Å². The van der Waals surface area contributed by atoms with E-state index in [0.717, 1.165) is 6.42 Å². The smallest absolute Gasteiger partial charge is 0.0972 e. The molecule has 1 N–H and O–H groups in total. The summed E-state index contributed by atoms with van der Waals surface area (Å²) < 4.78 is 0. The van der Waals surface area contributed by atoms with Gasteiger partial charge in [0, 0.05) is 0 Å². The van der Waals surface area contributed by atoms with Crippen LogP contribution in [0.1, 0.15) is 64.7 Å². The van der Waals surface area contributed by atoms with Crippen LogP contribution < -0.4 is 0 Å². The fourth-order valence-corrected chi connectivity index (χ4v) is 3.93. The first-order valence-corrected chi connectivity index (χ1v) is 8.44. The van der Waals surface area contributed by atoms with E-state index in [4.69, 9.17) is 0 Å². The van der Waals surface area contributed by atoms with Gasteiger partial charge in [-0.25, -0.2) is 0 Å². The second-order valence-electron chi connectivity index (χ2n) is 6.30. The maximum Gasteiger partial charge on any atom is 0.0972 e. The van der Waals surface area contributed by atoms with Gasteiger partial charge in [-0.15, -0.1) is 0 Å². The summed E-state index contributed by atoms with van der Waals surface area (Å²) in [6.07, 6.45) is 11.7. The van der Waals surface area contributed by atoms with Crippen molar-refractivity contribution < 1.29 is 5.11 Å². The predicted octanol–water partition coefficient (Wildman–Crippen LogP) is 2.84. The van der Waals surface area contributed by atoms with Crippen molar-refractivity contribution >= 4 is 0 Å². The van der Waals surface area contributed by atoms with Crippen molar-refractivity contribution in [1.29, 1.82) is 0 Å². The topological polar surface area (TPSA) is 26.7 Å². The van der Waals surface area contributed by atoms with Gasteiger partial charge in [0.05, 0.1) is 12.3 Å². The summed E-state index contributed by atoms with van der Waals surface area (Å²) in [5, 5.41) is 10.2. The average molecular weight is 268 g/mol. The van der Waals surface area contributed by atoms with E-state index < -0.39 is 0 Å². The van der Waals surface area contributed by atoms with Crippen LogP contribution in [0, 0.1) is 0 Å². The van der Waals surface area contributed by atoms with Gasteiger partial charge in [-0.2, -0.15) is 0 Å². The maximum absolute atomic E-state index is 10.2. The molecule has 2 heterocycles. The van der Waals surface area contributed by atoms with Crippen LogP contribution in [-0.2, 0) is 0 Å². The molecule has 19 heavy (non-hydrogen) atoms. The van der Waals surface area contributed by atoms with Gasteiger partial charge in [0.2, 0.25) is 0 Å². The molecule has 112 valence electrons. The summed E-state index contributed by atoms with van der Waals surface area (Å²) in [5.74, 6) is 0. The SMILES string of the molecule is CCC(CO)(N1CCCCCC1)N1CCCCCC1. The molecule has 0 aromatic heterocycles. The minimum absolute atomic E-state index is 0.0747. The third-order valence-electron chi connectivity index (χ3n) is 5.21. The first-order valence-electron chi connectivity index (χ1n) is 8.44. The highest BCUT2D eigenvalue weighted by molar-refractivity contribution is 4.91. The van der Waals surface area contributed by atoms with Crippen molar-refractivity contribution in [3.8, 4) is 0 Å². The highest BCUT2D eigenvalue weighted by atomic mass is 16.3. The van der Waals surface area contributed by atoms with Gasteiger partial charge in [0.1, 0.15) is 0 Å². The van der Waals surface area contributed by atoms with Crippen LogP contribution in [0.4, 0.5) is 0 Å². The third-order valence-corrected chi connectivity index (χ3v) is 5.21. The molecule has 3 nitrogen and oxygen atoms in total. The highest BCUT2D eigenvalue weighted by Gasteiger charge is 2.40. The normalized spacial score (nSPS) is 24.9. The number of aliphatic hydroxyl groups is 1. The quantitative estimate of drug-likeness (QED) is 0.849. The van der Waals surface area contributed by atoms with Gasteiger partial charge < -0.3 is 5.11 Å². The van der Waals surface area contributed by atoms with Crippen LogP contribution in [-0.4, -0.2) is 53.4 Å². The largest absolute Gasteiger partial charge is 0.393 e. The van der Waals surface area contributed by atoms with Crippen LogP contribution >= 0.6 is 0 Å². The van der Waals surface area contributed by atoms with Gasteiger partial charge in [0.25, 0.3) is 0 Å². The summed E-state index contributed by atoms with van der Waals surface area (Å²) in [6, 6.07) is 0. The number of hydrogen-bond acceptors (Lipinski definition) is 3. The van der Waals surface area contributed by atoms with Crippen molar-refractivity contribution in [1.82, 2.24) is 9.80 Å². The molecule has 0 unspecified atom stereocenters. The third kappa shape index (κ3) is 3.50. The van der Waals surface area contributed by atoms with Crippen LogP contribution in [0.25, 0.3) is 0 Å². The Bertz CT molecular complexity index is 215. The molecule has 2 rings (SSSR count). The molecular weight excluding hydrogens is 236 g/mol. The number of nitrogens with zero attached hydrogens (tertiary/aromatic N) is 2. The monoisotopic (exact) mass is 268 g/mol. The number of hydrogen-bond donors (Lipinski definition) is 1. The summed E-state index contributed by atoms with van der Waals surface area (Å²) in [4.78, 5) is 5.20. The van der Waals surface area contributed by atoms with Gasteiger partial charge >= 0.3 is 0 Å². The molecule has 0 aromatic carbocycles. The fourth-order valence-electron chi connectivity index (χ4n) is 3.93. The zero-order valence-corrected chi connectivity index (χ0v) is 12.7. The number of rotatable bonds is 4. The Hall–Kier alpha value is -0.120. The van der Waals surface area contributed by atoms with Gasteiger partial charge in [-0.1, -0.05) is 32.6 Å². The zero-order valence-electron chi connectivity index (χ0n) is 12.7. The Morgan fingerprint density at radius 3 is 1.37 bits per heavy atom. The van der Waals surface area contributed by atoms with Crippen molar-refractivity contribution in [2.24, 2.45) is 0 Å². The first-order chi connectivity index (χ1) is 9.33. The van der Waals surface area contributed by atoms with E-state index >= 15 is 0 Å². The summed E-state index contributed by atoms with van der Waals surface area (Å²) in [5.41, 5.74) is -0.0747. The molecule has 2 fully saturated rings. The number of aliphatic hydroxyl groups excluding tert-OH is 1. The van der Waals surface area contributed by atoms with E-state index in [1.165, 1.54) is 77.5 Å². The molecule has 0 bridgehead atoms. The van der Waals surface area contributed by atoms with E-state index in [1.807, 2.05) is 0 Å². The first kappa shape index (κ1) is 15.3. The van der Waals surface area contributed by atoms with Gasteiger partial charge in [0.15, 0.2) is 0 Å². The second kappa shape index (κ2) is 7.61. The standard InChI is InChI=1S/C16H32N2O/c1-2-16(15-19,17-11-7-3-4-8-12-17)18-13-9-5-6-10-14-18/h19H,2-15H2,1H3. The van der Waals surface area contributed by atoms with E-state index in [0.29, 0.717) is 6.61 Å². The molecule has 0 aromatic rings. The minimum Gasteiger partial charge on any atom is -0.393 e. The van der Waals surface area contributed by atoms with Gasteiger partial charge in [-0.05, 0) is 58.3 Å². The molecule has 0 spiro atoms. The zero-order chi connectivity index (χ0) is 13.6. The molecule has 2 saturated heterocycles. The Kier molecular flexibility index (Phi) is 6.11. The lowest BCUT2D eigenvalue weighted by Crippen LogP contribution is -2.63. The Balaban J connectivity index is 2.13. The van der Waals surface area contributed by atoms with Gasteiger partial charge in [-0.3, -0.25) is 9.80 Å². The molecule has 0 amide bonds. The minimum atomic E-state index is -0.0747. The van der Waals surface area contributed by atoms with Crippen LogP contribution in [0.15, 0.2) is 0 Å². The van der Waals surface area contributed by atoms with Crippen LogP contribution in [0.2, 0.25) is 0 Å². The molecule has 0 radical (unpaired) electrons. The lowest BCUT2D eigenvalue weighted by atomic mass is 10.0. The number of likely N-dealkylation sites (tertiary alicyclic amines) is 2. The van der Waals surface area contributed by atoms with E-state index in [9.17, 15) is 5.11 Å². The molecular formula is C16H32N2O. The Morgan fingerprint density at radius 2 is 1.11 bits per heavy atom. The fraction of sp³-hybridized carbons (Fsp3) is 1.00. The van der Waals surface area contributed by atoms with Crippen molar-refractivity contribution in [2.75, 3.05) is 32.8 Å². The van der Waals surface area contributed by atoms with Crippen LogP contribution in [0.3, 0.4) is 0 Å². The van der Waals surface area contributed by atoms with E-state index in [2.05, 4.69) is 16.7 Å². The molecule has 0 atom stereocenters. The maximum atomic E-state index is 10.2. The van der Waals surface area contributed by atoms with Crippen LogP contribution in [0.5, 0.6) is 0 Å².